The maximum Gasteiger partial charge on any atom is 0.255 e. The van der Waals surface area contributed by atoms with Gasteiger partial charge < -0.3 is 45.9 Å². The van der Waals surface area contributed by atoms with E-state index in [1.165, 1.54) is 16.8 Å². The first-order chi connectivity index (χ1) is 42.0. The van der Waals surface area contributed by atoms with Crippen LogP contribution in [0.25, 0.3) is 27.3 Å². The van der Waals surface area contributed by atoms with E-state index in [0.29, 0.717) is 116 Å². The van der Waals surface area contributed by atoms with Gasteiger partial charge in [-0.2, -0.15) is 5.10 Å². The first kappa shape index (κ1) is 63.7. The van der Waals surface area contributed by atoms with E-state index < -0.39 is 6.04 Å². The smallest absolute Gasteiger partial charge is 0.255 e. The van der Waals surface area contributed by atoms with Gasteiger partial charge in [0.2, 0.25) is 17.7 Å². The minimum Gasteiger partial charge on any atom is -0.383 e. The van der Waals surface area contributed by atoms with Gasteiger partial charge in [-0.15, -0.1) is 21.5 Å². The van der Waals surface area contributed by atoms with Gasteiger partial charge in [-0.05, 0) is 106 Å². The fourth-order valence-corrected chi connectivity index (χ4v) is 12.1. The van der Waals surface area contributed by atoms with Crippen LogP contribution >= 0.6 is 22.9 Å². The molecule has 0 aliphatic carbocycles. The van der Waals surface area contributed by atoms with Crippen LogP contribution < -0.4 is 27.0 Å². The van der Waals surface area contributed by atoms with Crippen LogP contribution in [0.15, 0.2) is 90.2 Å². The lowest BCUT2D eigenvalue weighted by molar-refractivity contribution is -0.123. The number of nitrogens with two attached hydrogens (primary N) is 1. The minimum atomic E-state index is -0.563. The molecule has 460 valence electrons. The number of aliphatic imine (C=N–C) groups is 1. The molecular weight excluding hydrogens is 1150 g/mol. The second-order valence-electron chi connectivity index (χ2n) is 21.9. The second-order valence-corrected chi connectivity index (χ2v) is 23.5. The Hall–Kier alpha value is -7.77. The van der Waals surface area contributed by atoms with Crippen molar-refractivity contribution in [1.29, 1.82) is 0 Å². The Morgan fingerprint density at radius 3 is 2.20 bits per heavy atom. The molecule has 2 atom stereocenters. The van der Waals surface area contributed by atoms with Crippen molar-refractivity contribution in [1.82, 2.24) is 55.4 Å². The lowest BCUT2D eigenvalue weighted by Gasteiger charge is -2.33. The monoisotopic (exact) mass is 1220 g/mol. The minimum absolute atomic E-state index is 0.0678. The standard InChI is InChI=1S/C63H77ClN14O8S/c1-38(2)50-19-18-48(33-39(50)3)71-62(82)46-12-10-45(11-13-46)57-55-58(65)69-37-70-60(55)78(75-57)49-9-8-24-76(36-49)35-40(4)61(81)68-22-21-66-52(79)20-25-83-27-29-85-31-32-86-30-28-84-26-23-67-53(80)34-51-59-74-73-43(7)77(59)63-54(41(5)42(6)87-63)56(72-51)44-14-16-47(64)17-15-44/h10-19,33,37-38,49,51H,4,8-9,20-32,34-36H2,1-3,5-7H3,(H,66,79)(H,67,80)(H,68,81)(H,71,82)(H2,65,69,70)/t49?,51-/m1/s1. The molecule has 1 fully saturated rings. The van der Waals surface area contributed by atoms with Crippen molar-refractivity contribution in [2.75, 3.05) is 103 Å². The molecule has 2 aliphatic rings. The normalized spacial score (nSPS) is 15.0. The molecule has 0 bridgehead atoms. The van der Waals surface area contributed by atoms with Crippen LogP contribution in [0, 0.1) is 27.7 Å². The molecule has 2 aliphatic heterocycles. The molecule has 9 rings (SSSR count). The maximum atomic E-state index is 13.3. The number of piperidine rings is 1. The molecule has 4 aromatic heterocycles. The van der Waals surface area contributed by atoms with E-state index in [4.69, 9.17) is 46.4 Å². The third-order valence-electron chi connectivity index (χ3n) is 15.3. The lowest BCUT2D eigenvalue weighted by Crippen LogP contribution is -2.41. The molecule has 4 amide bonds. The maximum absolute atomic E-state index is 13.3. The molecule has 1 unspecified atom stereocenters. The van der Waals surface area contributed by atoms with Crippen LogP contribution in [0.1, 0.15) is 112 Å². The van der Waals surface area contributed by atoms with Gasteiger partial charge in [-0.25, -0.2) is 14.6 Å². The van der Waals surface area contributed by atoms with E-state index in [9.17, 15) is 19.2 Å². The average molecular weight is 1230 g/mol. The Kier molecular flexibility index (Phi) is 22.1. The van der Waals surface area contributed by atoms with Gasteiger partial charge >= 0.3 is 0 Å². The van der Waals surface area contributed by atoms with Crippen LogP contribution in [0.2, 0.25) is 5.02 Å². The second kappa shape index (κ2) is 30.2. The number of nitrogen functional groups attached to an aromatic ring is 1. The number of fused-ring (bicyclic) bond motifs is 4. The van der Waals surface area contributed by atoms with E-state index in [-0.39, 0.29) is 62.2 Å². The number of thiophene rings is 1. The molecule has 3 aromatic carbocycles. The zero-order valence-corrected chi connectivity index (χ0v) is 51.8. The number of carbonyl (C=O) groups excluding carboxylic acids is 4. The Labute approximate surface area is 515 Å². The van der Waals surface area contributed by atoms with Gasteiger partial charge in [0.15, 0.2) is 11.5 Å². The zero-order chi connectivity index (χ0) is 61.6. The quantitative estimate of drug-likeness (QED) is 0.0220. The third kappa shape index (κ3) is 16.3. The molecule has 7 aromatic rings. The number of hydrogen-bond donors (Lipinski definition) is 5. The van der Waals surface area contributed by atoms with Gasteiger partial charge in [-0.1, -0.05) is 62.4 Å². The Morgan fingerprint density at radius 1 is 0.805 bits per heavy atom. The Bertz CT molecular complexity index is 3600. The summed E-state index contributed by atoms with van der Waals surface area (Å²) in [6, 6.07) is 20.2. The number of aryl methyl sites for hydroxylation is 3. The summed E-state index contributed by atoms with van der Waals surface area (Å²) in [6.45, 7) is 21.7. The van der Waals surface area contributed by atoms with Crippen molar-refractivity contribution in [3.63, 3.8) is 0 Å². The number of carbonyl (C=O) groups is 4. The average Bonchev–Trinajstić information content (AvgIpc) is 1.78. The molecule has 0 spiro atoms. The summed E-state index contributed by atoms with van der Waals surface area (Å²) in [5.41, 5.74) is 16.3. The predicted molar refractivity (Wildman–Crippen MR) is 337 cm³/mol. The van der Waals surface area contributed by atoms with Crippen LogP contribution in [-0.2, 0) is 33.3 Å². The molecule has 22 nitrogen and oxygen atoms in total. The molecule has 0 saturated carbocycles. The number of likely N-dealkylation sites (tertiary alicyclic amines) is 1. The van der Waals surface area contributed by atoms with Crippen molar-refractivity contribution in [3.05, 3.63) is 140 Å². The van der Waals surface area contributed by atoms with Crippen molar-refractivity contribution < 1.29 is 38.1 Å². The molecule has 87 heavy (non-hydrogen) atoms. The molecule has 0 radical (unpaired) electrons. The van der Waals surface area contributed by atoms with E-state index >= 15 is 0 Å². The zero-order valence-electron chi connectivity index (χ0n) is 50.2. The number of aromatic nitrogens is 7. The summed E-state index contributed by atoms with van der Waals surface area (Å²) < 4.78 is 26.4. The van der Waals surface area contributed by atoms with Crippen molar-refractivity contribution in [2.24, 2.45) is 4.99 Å². The third-order valence-corrected chi connectivity index (χ3v) is 16.7. The largest absolute Gasteiger partial charge is 0.383 e. The highest BCUT2D eigenvalue weighted by Gasteiger charge is 2.33. The van der Waals surface area contributed by atoms with Crippen molar-refractivity contribution >= 4 is 74.8 Å². The van der Waals surface area contributed by atoms with Crippen molar-refractivity contribution in [2.45, 2.75) is 85.2 Å². The van der Waals surface area contributed by atoms with E-state index in [1.807, 2.05) is 64.7 Å². The van der Waals surface area contributed by atoms with E-state index in [0.717, 1.165) is 69.4 Å². The summed E-state index contributed by atoms with van der Waals surface area (Å²) in [5.74, 6) is 1.17. The van der Waals surface area contributed by atoms with Crippen LogP contribution in [0.5, 0.6) is 0 Å². The summed E-state index contributed by atoms with van der Waals surface area (Å²) in [4.78, 5) is 69.5. The highest BCUT2D eigenvalue weighted by molar-refractivity contribution is 7.15. The number of nitrogens with zero attached hydrogens (tertiary/aromatic N) is 9. The molecular formula is C63H77ClN14O8S. The first-order valence-corrected chi connectivity index (χ1v) is 30.6. The first-order valence-electron chi connectivity index (χ1n) is 29.4. The number of ether oxygens (including phenoxy) is 4. The van der Waals surface area contributed by atoms with Gasteiger partial charge in [-0.3, -0.25) is 33.6 Å². The topological polar surface area (TPSA) is 269 Å². The van der Waals surface area contributed by atoms with E-state index in [2.05, 4.69) is 93.6 Å². The fourth-order valence-electron chi connectivity index (χ4n) is 10.7. The van der Waals surface area contributed by atoms with Gasteiger partial charge in [0.25, 0.3) is 5.91 Å². The lowest BCUT2D eigenvalue weighted by atomic mass is 9.97. The van der Waals surface area contributed by atoms with Crippen molar-refractivity contribution in [3.8, 4) is 16.3 Å². The summed E-state index contributed by atoms with van der Waals surface area (Å²) in [7, 11) is 0. The van der Waals surface area contributed by atoms with Crippen LogP contribution in [0.4, 0.5) is 11.5 Å². The molecule has 1 saturated heterocycles. The fraction of sp³-hybridized carbons (Fsp3) is 0.429. The molecule has 6 N–H and O–H groups in total. The number of halogens is 1. The van der Waals surface area contributed by atoms with Gasteiger partial charge in [0.05, 0.1) is 76.4 Å². The summed E-state index contributed by atoms with van der Waals surface area (Å²) in [5, 5.41) is 27.8. The SMILES string of the molecule is C=C(CN1CCCC(n2nc(-c3ccc(C(=O)Nc4ccc(C(C)C)c(C)c4)cc3)c3c(N)ncnc32)C1)C(=O)NCCNC(=O)CCOCCOCCOCCOCCNC(=O)C[C@H]1N=C(c2ccc(Cl)cc2)c2c(sc(C)c2C)-n2c(C)nnc21. The predicted octanol–water partition coefficient (Wildman–Crippen LogP) is 7.96. The number of rotatable bonds is 29. The number of hydrogen-bond acceptors (Lipinski definition) is 17. The summed E-state index contributed by atoms with van der Waals surface area (Å²) in [6.07, 6.45) is 3.38. The number of amides is 4. The molecule has 24 heteroatoms. The Balaban J connectivity index is 0.599. The highest BCUT2D eigenvalue weighted by atomic mass is 35.5. The highest BCUT2D eigenvalue weighted by Crippen LogP contribution is 2.40. The summed E-state index contributed by atoms with van der Waals surface area (Å²) >= 11 is 7.90. The number of benzene rings is 3. The Morgan fingerprint density at radius 2 is 1.48 bits per heavy atom. The van der Waals surface area contributed by atoms with Crippen LogP contribution in [0.3, 0.4) is 0 Å². The van der Waals surface area contributed by atoms with Gasteiger partial charge in [0.1, 0.15) is 34.7 Å². The van der Waals surface area contributed by atoms with Gasteiger partial charge in [0, 0.05) is 82.6 Å². The van der Waals surface area contributed by atoms with Crippen LogP contribution in [-0.4, -0.2) is 161 Å². The number of nitrogens with one attached hydrogen (secondary N) is 4. The molecule has 6 heterocycles. The number of anilines is 2. The van der Waals surface area contributed by atoms with E-state index in [1.54, 1.807) is 23.5 Å².